The van der Waals surface area contributed by atoms with Crippen molar-refractivity contribution in [1.82, 2.24) is 10.1 Å². The van der Waals surface area contributed by atoms with Crippen molar-refractivity contribution in [3.63, 3.8) is 0 Å². The van der Waals surface area contributed by atoms with Gasteiger partial charge in [0.2, 0.25) is 5.89 Å². The third-order valence-corrected chi connectivity index (χ3v) is 2.37. The van der Waals surface area contributed by atoms with Crippen LogP contribution in [0.1, 0.15) is 43.8 Å². The van der Waals surface area contributed by atoms with Gasteiger partial charge in [0.15, 0.2) is 5.82 Å². The first-order valence-corrected chi connectivity index (χ1v) is 4.56. The van der Waals surface area contributed by atoms with Gasteiger partial charge >= 0.3 is 0 Å². The molecule has 0 aliphatic heterocycles. The van der Waals surface area contributed by atoms with Gasteiger partial charge in [0.1, 0.15) is 0 Å². The highest BCUT2D eigenvalue weighted by molar-refractivity contribution is 4.94. The molecule has 1 saturated carbocycles. The van der Waals surface area contributed by atoms with Crippen molar-refractivity contribution in [2.24, 2.45) is 5.92 Å². The predicted molar refractivity (Wildman–Crippen MR) is 44.8 cm³/mol. The molecule has 0 radical (unpaired) electrons. The first-order chi connectivity index (χ1) is 5.75. The molecule has 0 saturated heterocycles. The minimum absolute atomic E-state index is 0.468. The summed E-state index contributed by atoms with van der Waals surface area (Å²) in [6.45, 7) is 4.00. The minimum Gasteiger partial charge on any atom is -0.340 e. The van der Waals surface area contributed by atoms with Crippen LogP contribution in [-0.4, -0.2) is 10.1 Å². The molecule has 0 N–H and O–H groups in total. The molecule has 1 aromatic heterocycles. The zero-order valence-corrected chi connectivity index (χ0v) is 7.58. The van der Waals surface area contributed by atoms with Crippen LogP contribution < -0.4 is 0 Å². The highest BCUT2D eigenvalue weighted by Gasteiger charge is 2.25. The highest BCUT2D eigenvalue weighted by atomic mass is 16.5. The van der Waals surface area contributed by atoms with Gasteiger partial charge in [-0.25, -0.2) is 0 Å². The van der Waals surface area contributed by atoms with E-state index in [0.29, 0.717) is 11.8 Å². The summed E-state index contributed by atoms with van der Waals surface area (Å²) < 4.78 is 4.93. The summed E-state index contributed by atoms with van der Waals surface area (Å²) in [5, 5.41) is 3.91. The van der Waals surface area contributed by atoms with E-state index in [1.165, 1.54) is 19.3 Å². The molecule has 1 atom stereocenters. The molecule has 1 aliphatic rings. The Labute approximate surface area is 72.2 Å². The summed E-state index contributed by atoms with van der Waals surface area (Å²) in [4.78, 5) is 4.21. The topological polar surface area (TPSA) is 38.9 Å². The number of hydrogen-bond donors (Lipinski definition) is 0. The minimum atomic E-state index is 0.468. The maximum Gasteiger partial charge on any atom is 0.223 e. The Bertz CT molecular complexity index is 265. The van der Waals surface area contributed by atoms with E-state index >= 15 is 0 Å². The monoisotopic (exact) mass is 166 g/mol. The molecule has 1 heterocycles. The largest absolute Gasteiger partial charge is 0.340 e. The van der Waals surface area contributed by atoms with E-state index in [2.05, 4.69) is 17.1 Å². The smallest absolute Gasteiger partial charge is 0.223 e. The molecule has 0 aromatic carbocycles. The van der Waals surface area contributed by atoms with Gasteiger partial charge in [-0.15, -0.1) is 0 Å². The molecule has 3 heteroatoms. The number of aryl methyl sites for hydroxylation is 1. The molecule has 0 unspecified atom stereocenters. The first kappa shape index (κ1) is 7.77. The maximum absolute atomic E-state index is 4.93. The zero-order chi connectivity index (χ0) is 8.55. The van der Waals surface area contributed by atoms with Gasteiger partial charge < -0.3 is 4.52 Å². The molecule has 3 nitrogen and oxygen atoms in total. The SMILES string of the molecule is Cc1nc([C@H](C)CC2CC2)no1. The normalized spacial score (nSPS) is 19.5. The van der Waals surface area contributed by atoms with Crippen LogP contribution in [0.15, 0.2) is 4.52 Å². The van der Waals surface area contributed by atoms with Crippen molar-refractivity contribution in [2.75, 3.05) is 0 Å². The van der Waals surface area contributed by atoms with E-state index in [9.17, 15) is 0 Å². The van der Waals surface area contributed by atoms with Crippen molar-refractivity contribution in [1.29, 1.82) is 0 Å². The van der Waals surface area contributed by atoms with Gasteiger partial charge in [-0.3, -0.25) is 0 Å². The van der Waals surface area contributed by atoms with E-state index < -0.39 is 0 Å². The number of rotatable bonds is 3. The summed E-state index contributed by atoms with van der Waals surface area (Å²) >= 11 is 0. The average Bonchev–Trinajstić information content (AvgIpc) is 2.72. The second-order valence-corrected chi connectivity index (χ2v) is 3.75. The van der Waals surface area contributed by atoms with E-state index in [-0.39, 0.29) is 0 Å². The van der Waals surface area contributed by atoms with Gasteiger partial charge in [0, 0.05) is 12.8 Å². The van der Waals surface area contributed by atoms with Crippen molar-refractivity contribution in [2.45, 2.75) is 39.0 Å². The Morgan fingerprint density at radius 3 is 2.83 bits per heavy atom. The second-order valence-electron chi connectivity index (χ2n) is 3.75. The lowest BCUT2D eigenvalue weighted by molar-refractivity contribution is 0.382. The Morgan fingerprint density at radius 2 is 2.33 bits per heavy atom. The van der Waals surface area contributed by atoms with E-state index in [0.717, 1.165) is 11.7 Å². The fraction of sp³-hybridized carbons (Fsp3) is 0.778. The van der Waals surface area contributed by atoms with E-state index in [1.54, 1.807) is 0 Å². The van der Waals surface area contributed by atoms with Crippen molar-refractivity contribution in [3.05, 3.63) is 11.7 Å². The molecule has 12 heavy (non-hydrogen) atoms. The van der Waals surface area contributed by atoms with Crippen LogP contribution in [0.4, 0.5) is 0 Å². The predicted octanol–water partition coefficient (Wildman–Crippen LogP) is 2.28. The van der Waals surface area contributed by atoms with Crippen LogP contribution >= 0.6 is 0 Å². The van der Waals surface area contributed by atoms with Crippen LogP contribution in [0.2, 0.25) is 0 Å². The number of nitrogens with zero attached hydrogens (tertiary/aromatic N) is 2. The van der Waals surface area contributed by atoms with E-state index in [4.69, 9.17) is 4.52 Å². The second kappa shape index (κ2) is 2.88. The fourth-order valence-electron chi connectivity index (χ4n) is 1.47. The van der Waals surface area contributed by atoms with E-state index in [1.807, 2.05) is 6.92 Å². The van der Waals surface area contributed by atoms with Crippen molar-refractivity contribution in [3.8, 4) is 0 Å². The average molecular weight is 166 g/mol. The quantitative estimate of drug-likeness (QED) is 0.691. The summed E-state index contributed by atoms with van der Waals surface area (Å²) in [6, 6.07) is 0. The lowest BCUT2D eigenvalue weighted by atomic mass is 10.0. The molecule has 0 bridgehead atoms. The van der Waals surface area contributed by atoms with Crippen LogP contribution in [0, 0.1) is 12.8 Å². The number of hydrogen-bond acceptors (Lipinski definition) is 3. The summed E-state index contributed by atoms with van der Waals surface area (Å²) in [5.74, 6) is 2.95. The Morgan fingerprint density at radius 1 is 1.58 bits per heavy atom. The lowest BCUT2D eigenvalue weighted by Gasteiger charge is -2.03. The molecular weight excluding hydrogens is 152 g/mol. The highest BCUT2D eigenvalue weighted by Crippen LogP contribution is 2.37. The molecule has 1 aromatic rings. The Hall–Kier alpha value is -0.860. The molecule has 0 amide bonds. The van der Waals surface area contributed by atoms with Gasteiger partial charge in [0.05, 0.1) is 0 Å². The first-order valence-electron chi connectivity index (χ1n) is 4.56. The van der Waals surface area contributed by atoms with Crippen LogP contribution in [0.25, 0.3) is 0 Å². The van der Waals surface area contributed by atoms with Gasteiger partial charge in [-0.1, -0.05) is 24.9 Å². The molecule has 0 spiro atoms. The van der Waals surface area contributed by atoms with Gasteiger partial charge in [0.25, 0.3) is 0 Å². The lowest BCUT2D eigenvalue weighted by Crippen LogP contribution is -1.97. The standard InChI is InChI=1S/C9H14N2O/c1-6(5-8-3-4-8)9-10-7(2)12-11-9/h6,8H,3-5H2,1-2H3/t6-/m1/s1. The van der Waals surface area contributed by atoms with Crippen LogP contribution in [0.3, 0.4) is 0 Å². The zero-order valence-electron chi connectivity index (χ0n) is 7.58. The molecule has 1 fully saturated rings. The summed E-state index contributed by atoms with van der Waals surface area (Å²) in [7, 11) is 0. The summed E-state index contributed by atoms with van der Waals surface area (Å²) in [5.41, 5.74) is 0. The third-order valence-electron chi connectivity index (χ3n) is 2.37. The molecule has 2 rings (SSSR count). The third kappa shape index (κ3) is 1.65. The Balaban J connectivity index is 1.97. The maximum atomic E-state index is 4.93. The fourth-order valence-corrected chi connectivity index (χ4v) is 1.47. The molecular formula is C9H14N2O. The molecule has 66 valence electrons. The van der Waals surface area contributed by atoms with Crippen LogP contribution in [-0.2, 0) is 0 Å². The van der Waals surface area contributed by atoms with Gasteiger partial charge in [-0.05, 0) is 12.3 Å². The summed E-state index contributed by atoms with van der Waals surface area (Å²) in [6.07, 6.45) is 4.00. The van der Waals surface area contributed by atoms with Crippen LogP contribution in [0.5, 0.6) is 0 Å². The van der Waals surface area contributed by atoms with Gasteiger partial charge in [-0.2, -0.15) is 4.98 Å². The molecule has 1 aliphatic carbocycles. The van der Waals surface area contributed by atoms with Crippen molar-refractivity contribution < 1.29 is 4.52 Å². The Kier molecular flexibility index (Phi) is 1.87. The number of aromatic nitrogens is 2. The van der Waals surface area contributed by atoms with Crippen molar-refractivity contribution >= 4 is 0 Å².